The third kappa shape index (κ3) is 9.17. The van der Waals surface area contributed by atoms with Crippen molar-refractivity contribution in [3.8, 4) is 0 Å². The first-order valence-corrected chi connectivity index (χ1v) is 4.72. The monoisotopic (exact) mass is 218 g/mol. The molecule has 88 valence electrons. The van der Waals surface area contributed by atoms with Gasteiger partial charge in [0.05, 0.1) is 26.3 Å². The molecule has 6 nitrogen and oxygen atoms in total. The fourth-order valence-corrected chi connectivity index (χ4v) is 0.794. The molecule has 0 saturated heterocycles. The molecule has 0 atom stereocenters. The van der Waals surface area contributed by atoms with Gasteiger partial charge in [0.1, 0.15) is 0 Å². The normalized spacial score (nSPS) is 10.1. The molecule has 0 rings (SSSR count). The molecule has 0 amide bonds. The van der Waals surface area contributed by atoms with Gasteiger partial charge in [0.2, 0.25) is 0 Å². The first-order valence-electron chi connectivity index (χ1n) is 4.72. The minimum absolute atomic E-state index is 0.125. The van der Waals surface area contributed by atoms with E-state index >= 15 is 0 Å². The van der Waals surface area contributed by atoms with Crippen LogP contribution in [0.3, 0.4) is 0 Å². The number of esters is 2. The molecule has 0 aromatic carbocycles. The second-order valence-electron chi connectivity index (χ2n) is 3.24. The smallest absolute Gasteiger partial charge is 0.320 e. The van der Waals surface area contributed by atoms with Crippen LogP contribution in [0.2, 0.25) is 0 Å². The van der Waals surface area contributed by atoms with Crippen LogP contribution in [0.4, 0.5) is 0 Å². The Labute approximate surface area is 89.3 Å². The molecule has 0 radical (unpaired) electrons. The van der Waals surface area contributed by atoms with Gasteiger partial charge in [-0.2, -0.15) is 0 Å². The summed E-state index contributed by atoms with van der Waals surface area (Å²) in [6, 6.07) is 0. The van der Waals surface area contributed by atoms with E-state index in [0.29, 0.717) is 6.42 Å². The summed E-state index contributed by atoms with van der Waals surface area (Å²) in [5.41, 5.74) is 5.02. The molecule has 6 heteroatoms. The number of nitrogens with two attached hydrogens (primary N) is 1. The molecule has 0 unspecified atom stereocenters. The average Bonchev–Trinajstić information content (AvgIpc) is 2.15. The number of nitrogens with zero attached hydrogens (tertiary/aromatic N) is 1. The Hall–Kier alpha value is -1.14. The molecule has 0 aliphatic carbocycles. The second-order valence-corrected chi connectivity index (χ2v) is 3.24. The maximum absolute atomic E-state index is 11.0. The lowest BCUT2D eigenvalue weighted by molar-refractivity contribution is -0.145. The van der Waals surface area contributed by atoms with Crippen molar-refractivity contribution >= 4 is 11.9 Å². The Bertz CT molecular complexity index is 206. The highest BCUT2D eigenvalue weighted by Crippen LogP contribution is 1.88. The topological polar surface area (TPSA) is 81.9 Å². The summed E-state index contributed by atoms with van der Waals surface area (Å²) in [6.45, 7) is 0.610. The Morgan fingerprint density at radius 3 is 2.13 bits per heavy atom. The van der Waals surface area contributed by atoms with Crippen LogP contribution >= 0.6 is 0 Å². The SMILES string of the molecule is CN(C)CC(=O)OCCCOC(=O)CN. The summed E-state index contributed by atoms with van der Waals surface area (Å²) in [7, 11) is 3.56. The van der Waals surface area contributed by atoms with Gasteiger partial charge in [0.25, 0.3) is 0 Å². The van der Waals surface area contributed by atoms with Crippen LogP contribution in [0.25, 0.3) is 0 Å². The van der Waals surface area contributed by atoms with E-state index in [0.717, 1.165) is 0 Å². The summed E-state index contributed by atoms with van der Waals surface area (Å²) >= 11 is 0. The maximum atomic E-state index is 11.0. The molecule has 0 spiro atoms. The lowest BCUT2D eigenvalue weighted by Crippen LogP contribution is -2.24. The number of rotatable bonds is 7. The van der Waals surface area contributed by atoms with Gasteiger partial charge in [-0.05, 0) is 14.1 Å². The van der Waals surface area contributed by atoms with Crippen molar-refractivity contribution in [3.63, 3.8) is 0 Å². The third-order valence-corrected chi connectivity index (χ3v) is 1.43. The van der Waals surface area contributed by atoms with Gasteiger partial charge in [-0.3, -0.25) is 14.5 Å². The van der Waals surface area contributed by atoms with Crippen LogP contribution < -0.4 is 5.73 Å². The van der Waals surface area contributed by atoms with Gasteiger partial charge in [-0.1, -0.05) is 0 Å². The van der Waals surface area contributed by atoms with E-state index < -0.39 is 5.97 Å². The molecule has 0 aliphatic heterocycles. The molecular weight excluding hydrogens is 200 g/mol. The van der Waals surface area contributed by atoms with Crippen molar-refractivity contribution in [2.45, 2.75) is 6.42 Å². The first kappa shape index (κ1) is 13.9. The highest BCUT2D eigenvalue weighted by molar-refractivity contribution is 5.71. The average molecular weight is 218 g/mol. The molecule has 0 aromatic heterocycles. The van der Waals surface area contributed by atoms with Gasteiger partial charge < -0.3 is 15.2 Å². The fraction of sp³-hybridized carbons (Fsp3) is 0.778. The Balaban J connectivity index is 3.31. The summed E-state index contributed by atoms with van der Waals surface area (Å²) in [4.78, 5) is 23.3. The van der Waals surface area contributed by atoms with Gasteiger partial charge >= 0.3 is 11.9 Å². The number of hydrogen-bond donors (Lipinski definition) is 1. The molecule has 0 aromatic rings. The zero-order chi connectivity index (χ0) is 11.7. The second kappa shape index (κ2) is 8.19. The van der Waals surface area contributed by atoms with Crippen LogP contribution in [0, 0.1) is 0 Å². The standard InChI is InChI=1S/C9H18N2O4/c1-11(2)7-9(13)15-5-3-4-14-8(12)6-10/h3-7,10H2,1-2H3. The zero-order valence-corrected chi connectivity index (χ0v) is 9.19. The highest BCUT2D eigenvalue weighted by Gasteiger charge is 2.04. The van der Waals surface area contributed by atoms with Gasteiger partial charge in [-0.15, -0.1) is 0 Å². The van der Waals surface area contributed by atoms with Gasteiger partial charge in [0, 0.05) is 6.42 Å². The summed E-state index contributed by atoms with van der Waals surface area (Å²) in [6.07, 6.45) is 0.491. The Morgan fingerprint density at radius 1 is 1.13 bits per heavy atom. The number of carbonyl (C=O) groups is 2. The summed E-state index contributed by atoms with van der Waals surface area (Å²) in [5, 5.41) is 0. The molecule has 0 aliphatic rings. The van der Waals surface area contributed by atoms with Crippen molar-refractivity contribution in [3.05, 3.63) is 0 Å². The largest absolute Gasteiger partial charge is 0.465 e. The quantitative estimate of drug-likeness (QED) is 0.435. The number of ether oxygens (including phenoxy) is 2. The maximum Gasteiger partial charge on any atom is 0.320 e. The van der Waals surface area contributed by atoms with E-state index in [4.69, 9.17) is 10.5 Å². The van der Waals surface area contributed by atoms with Crippen LogP contribution in [-0.2, 0) is 19.1 Å². The summed E-state index contributed by atoms with van der Waals surface area (Å²) < 4.78 is 9.55. The lowest BCUT2D eigenvalue weighted by atomic mass is 10.5. The van der Waals surface area contributed by atoms with E-state index in [2.05, 4.69) is 4.74 Å². The Kier molecular flexibility index (Phi) is 7.57. The van der Waals surface area contributed by atoms with E-state index in [1.165, 1.54) is 0 Å². The highest BCUT2D eigenvalue weighted by atomic mass is 16.5. The van der Waals surface area contributed by atoms with Crippen LogP contribution in [-0.4, -0.2) is 57.2 Å². The van der Waals surface area contributed by atoms with E-state index in [-0.39, 0.29) is 32.3 Å². The number of carbonyl (C=O) groups excluding carboxylic acids is 2. The molecular formula is C9H18N2O4. The predicted molar refractivity (Wildman–Crippen MR) is 54.1 cm³/mol. The molecule has 0 bridgehead atoms. The molecule has 0 fully saturated rings. The van der Waals surface area contributed by atoms with Crippen molar-refractivity contribution in [2.75, 3.05) is 40.4 Å². The fourth-order valence-electron chi connectivity index (χ4n) is 0.794. The van der Waals surface area contributed by atoms with Crippen molar-refractivity contribution < 1.29 is 19.1 Å². The Morgan fingerprint density at radius 2 is 1.67 bits per heavy atom. The molecule has 0 saturated carbocycles. The number of hydrogen-bond acceptors (Lipinski definition) is 6. The van der Waals surface area contributed by atoms with Crippen LogP contribution in [0.1, 0.15) is 6.42 Å². The zero-order valence-electron chi connectivity index (χ0n) is 9.19. The van der Waals surface area contributed by atoms with Crippen LogP contribution in [0.15, 0.2) is 0 Å². The first-order chi connectivity index (χ1) is 7.06. The predicted octanol–water partition coefficient (Wildman–Crippen LogP) is -1.02. The molecule has 0 heterocycles. The third-order valence-electron chi connectivity index (χ3n) is 1.43. The van der Waals surface area contributed by atoms with E-state index in [1.54, 1.807) is 19.0 Å². The van der Waals surface area contributed by atoms with Gasteiger partial charge in [0.15, 0.2) is 0 Å². The van der Waals surface area contributed by atoms with Gasteiger partial charge in [-0.25, -0.2) is 0 Å². The molecule has 15 heavy (non-hydrogen) atoms. The van der Waals surface area contributed by atoms with Crippen molar-refractivity contribution in [1.82, 2.24) is 4.90 Å². The minimum atomic E-state index is -0.449. The number of likely N-dealkylation sites (N-methyl/N-ethyl adjacent to an activating group) is 1. The minimum Gasteiger partial charge on any atom is -0.465 e. The van der Waals surface area contributed by atoms with E-state index in [1.807, 2.05) is 0 Å². The lowest BCUT2D eigenvalue weighted by Gasteiger charge is -2.09. The molecule has 2 N–H and O–H groups in total. The van der Waals surface area contributed by atoms with E-state index in [9.17, 15) is 9.59 Å². The summed E-state index contributed by atoms with van der Waals surface area (Å²) in [5.74, 6) is -0.736. The van der Waals surface area contributed by atoms with Crippen molar-refractivity contribution in [2.24, 2.45) is 5.73 Å². The van der Waals surface area contributed by atoms with Crippen molar-refractivity contribution in [1.29, 1.82) is 0 Å². The van der Waals surface area contributed by atoms with Crippen LogP contribution in [0.5, 0.6) is 0 Å².